The zero-order chi connectivity index (χ0) is 21.4. The van der Waals surface area contributed by atoms with Gasteiger partial charge in [-0.15, -0.1) is 0 Å². The molecule has 2 aliphatic heterocycles. The van der Waals surface area contributed by atoms with Crippen molar-refractivity contribution in [3.05, 3.63) is 34.4 Å². The molecule has 0 unspecified atom stereocenters. The molecule has 29 heavy (non-hydrogen) atoms. The maximum atomic E-state index is 9.41. The second-order valence-electron chi connectivity index (χ2n) is 10.2. The molecular formula is C21H34O6P2. The van der Waals surface area contributed by atoms with E-state index in [9.17, 15) is 4.89 Å². The highest BCUT2D eigenvalue weighted by molar-refractivity contribution is 7.41. The van der Waals surface area contributed by atoms with Crippen LogP contribution >= 0.6 is 17.2 Å². The van der Waals surface area contributed by atoms with E-state index in [0.717, 1.165) is 0 Å². The Labute approximate surface area is 177 Å². The summed E-state index contributed by atoms with van der Waals surface area (Å²) in [5.74, 6) is 0. The summed E-state index contributed by atoms with van der Waals surface area (Å²) in [6, 6.07) is 4.53. The molecule has 6 nitrogen and oxygen atoms in total. The summed E-state index contributed by atoms with van der Waals surface area (Å²) in [6.07, 6.45) is 0. The Morgan fingerprint density at radius 3 is 1.79 bits per heavy atom. The second-order valence-corrected chi connectivity index (χ2v) is 12.4. The average Bonchev–Trinajstić information content (AvgIpc) is 2.62. The highest BCUT2D eigenvalue weighted by Crippen LogP contribution is 2.52. The average molecular weight is 444 g/mol. The summed E-state index contributed by atoms with van der Waals surface area (Å²) in [5, 5.41) is 0. The van der Waals surface area contributed by atoms with E-state index in [-0.39, 0.29) is 16.2 Å². The van der Waals surface area contributed by atoms with Crippen LogP contribution in [0, 0.1) is 12.3 Å². The van der Waals surface area contributed by atoms with E-state index in [1.54, 1.807) is 0 Å². The molecule has 0 aliphatic carbocycles. The predicted molar refractivity (Wildman–Crippen MR) is 116 cm³/mol. The van der Waals surface area contributed by atoms with Crippen LogP contribution in [0.1, 0.15) is 63.8 Å². The number of hydrogen-bond donors (Lipinski definition) is 1. The molecule has 0 atom stereocenters. The Hall–Kier alpha value is -0.160. The first-order chi connectivity index (χ1) is 13.4. The van der Waals surface area contributed by atoms with Gasteiger partial charge in [-0.1, -0.05) is 59.2 Å². The lowest BCUT2D eigenvalue weighted by atomic mass is 9.75. The highest BCUT2D eigenvalue weighted by atomic mass is 31.2. The largest absolute Gasteiger partial charge is 0.333 e. The van der Waals surface area contributed by atoms with Gasteiger partial charge < -0.3 is 27.5 Å². The molecule has 2 saturated heterocycles. The Balaban J connectivity index is 1.72. The summed E-state index contributed by atoms with van der Waals surface area (Å²) in [4.78, 5) is 9.41. The van der Waals surface area contributed by atoms with Gasteiger partial charge in [0.25, 0.3) is 0 Å². The lowest BCUT2D eigenvalue weighted by molar-refractivity contribution is -0.0734. The molecule has 1 aromatic carbocycles. The van der Waals surface area contributed by atoms with Crippen LogP contribution in [0.15, 0.2) is 12.1 Å². The minimum atomic E-state index is -1.76. The standard InChI is InChI=1S/C21H34O6P2/c1-15-8-17(19(2,3)4)16(18(9-15)20(5,6)7)10-23-29-26-13-21(14-27-29)11-24-28(22)25-12-21/h8-9,22H,10-14H2,1-7H3. The summed E-state index contributed by atoms with van der Waals surface area (Å²) in [5.41, 5.74) is 4.75. The van der Waals surface area contributed by atoms with Crippen LogP contribution in [0.5, 0.6) is 0 Å². The molecule has 0 aromatic heterocycles. The van der Waals surface area contributed by atoms with Gasteiger partial charge in [0, 0.05) is 0 Å². The van der Waals surface area contributed by atoms with Crippen molar-refractivity contribution in [1.29, 1.82) is 0 Å². The van der Waals surface area contributed by atoms with Crippen molar-refractivity contribution >= 4 is 17.2 Å². The smallest absolute Gasteiger partial charge is 0.328 e. The van der Waals surface area contributed by atoms with Crippen LogP contribution in [-0.4, -0.2) is 31.3 Å². The van der Waals surface area contributed by atoms with Crippen molar-refractivity contribution in [3.63, 3.8) is 0 Å². The Morgan fingerprint density at radius 2 is 1.34 bits per heavy atom. The van der Waals surface area contributed by atoms with Crippen LogP contribution in [-0.2, 0) is 40.1 Å². The SMILES string of the molecule is Cc1cc(C(C)(C)C)c(COP2OCC3(COP(O)OC3)CO2)c(C(C)(C)C)c1. The van der Waals surface area contributed by atoms with Crippen molar-refractivity contribution < 1.29 is 27.5 Å². The Bertz CT molecular complexity index is 672. The molecule has 0 amide bonds. The Morgan fingerprint density at radius 1 is 0.897 bits per heavy atom. The fraction of sp³-hybridized carbons (Fsp3) is 0.714. The van der Waals surface area contributed by atoms with E-state index in [1.165, 1.54) is 22.3 Å². The molecule has 2 fully saturated rings. The maximum Gasteiger partial charge on any atom is 0.333 e. The lowest BCUT2D eigenvalue weighted by Gasteiger charge is -2.41. The van der Waals surface area contributed by atoms with Crippen LogP contribution in [0.2, 0.25) is 0 Å². The van der Waals surface area contributed by atoms with Crippen LogP contribution in [0.4, 0.5) is 0 Å². The van der Waals surface area contributed by atoms with Crippen LogP contribution in [0.3, 0.4) is 0 Å². The van der Waals surface area contributed by atoms with Crippen molar-refractivity contribution in [1.82, 2.24) is 0 Å². The van der Waals surface area contributed by atoms with Crippen molar-refractivity contribution in [2.24, 2.45) is 5.41 Å². The third kappa shape index (κ3) is 5.75. The van der Waals surface area contributed by atoms with E-state index >= 15 is 0 Å². The molecule has 1 aromatic rings. The van der Waals surface area contributed by atoms with Gasteiger partial charge in [-0.2, -0.15) is 0 Å². The van der Waals surface area contributed by atoms with Gasteiger partial charge in [-0.05, 0) is 34.4 Å². The third-order valence-corrected chi connectivity index (χ3v) is 6.96. The minimum Gasteiger partial charge on any atom is -0.328 e. The van der Waals surface area contributed by atoms with Gasteiger partial charge in [0.1, 0.15) is 0 Å². The second kappa shape index (κ2) is 8.76. The number of rotatable bonds is 3. The predicted octanol–water partition coefficient (Wildman–Crippen LogP) is 5.63. The molecule has 0 saturated carbocycles. The van der Waals surface area contributed by atoms with Gasteiger partial charge >= 0.3 is 17.2 Å². The van der Waals surface area contributed by atoms with Crippen molar-refractivity contribution in [3.8, 4) is 0 Å². The fourth-order valence-electron chi connectivity index (χ4n) is 3.59. The molecule has 0 bridgehead atoms. The third-order valence-electron chi connectivity index (χ3n) is 5.24. The van der Waals surface area contributed by atoms with Crippen molar-refractivity contribution in [2.45, 2.75) is 65.9 Å². The first kappa shape index (κ1) is 23.5. The zero-order valence-electron chi connectivity index (χ0n) is 18.6. The maximum absolute atomic E-state index is 9.41. The van der Waals surface area contributed by atoms with E-state index in [0.29, 0.717) is 33.0 Å². The van der Waals surface area contributed by atoms with Gasteiger partial charge in [0.15, 0.2) is 0 Å². The normalized spacial score (nSPS) is 28.7. The molecule has 164 valence electrons. The number of benzene rings is 1. The van der Waals surface area contributed by atoms with E-state index in [1.807, 2.05) is 0 Å². The Kier molecular flexibility index (Phi) is 7.10. The molecule has 1 spiro atoms. The molecule has 2 aliphatic rings. The first-order valence-electron chi connectivity index (χ1n) is 9.98. The summed E-state index contributed by atoms with van der Waals surface area (Å²) >= 11 is 0. The topological polar surface area (TPSA) is 66.4 Å². The molecule has 3 rings (SSSR count). The minimum absolute atomic E-state index is 0.00966. The highest BCUT2D eigenvalue weighted by Gasteiger charge is 2.43. The first-order valence-corrected chi connectivity index (χ1v) is 12.2. The van der Waals surface area contributed by atoms with Crippen LogP contribution in [0.25, 0.3) is 0 Å². The number of hydrogen-bond acceptors (Lipinski definition) is 6. The van der Waals surface area contributed by atoms with E-state index in [2.05, 4.69) is 60.6 Å². The lowest BCUT2D eigenvalue weighted by Crippen LogP contribution is -2.44. The molecule has 0 radical (unpaired) electrons. The van der Waals surface area contributed by atoms with Crippen molar-refractivity contribution in [2.75, 3.05) is 26.4 Å². The molecule has 2 heterocycles. The van der Waals surface area contributed by atoms with Gasteiger partial charge in [0.2, 0.25) is 0 Å². The molecule has 1 N–H and O–H groups in total. The van der Waals surface area contributed by atoms with Gasteiger partial charge in [-0.25, -0.2) is 0 Å². The summed E-state index contributed by atoms with van der Waals surface area (Å²) in [6.45, 7) is 17.6. The molecular weight excluding hydrogens is 410 g/mol. The van der Waals surface area contributed by atoms with Gasteiger partial charge in [-0.3, -0.25) is 0 Å². The fourth-order valence-corrected chi connectivity index (χ4v) is 5.65. The van der Waals surface area contributed by atoms with Gasteiger partial charge in [0.05, 0.1) is 38.4 Å². The monoisotopic (exact) mass is 444 g/mol. The van der Waals surface area contributed by atoms with Crippen LogP contribution < -0.4 is 0 Å². The summed E-state index contributed by atoms with van der Waals surface area (Å²) in [7, 11) is -3.19. The number of aryl methyl sites for hydroxylation is 1. The van der Waals surface area contributed by atoms with E-state index in [4.69, 9.17) is 22.6 Å². The quantitative estimate of drug-likeness (QED) is 0.610. The van der Waals surface area contributed by atoms with E-state index < -0.39 is 17.2 Å². The summed E-state index contributed by atoms with van der Waals surface area (Å²) < 4.78 is 28.4. The molecule has 8 heteroatoms. The zero-order valence-corrected chi connectivity index (χ0v) is 20.4.